The Morgan fingerprint density at radius 1 is 1.18 bits per heavy atom. The van der Waals surface area contributed by atoms with Crippen LogP contribution in [0.25, 0.3) is 11.4 Å². The number of hydrogen-bond acceptors (Lipinski definition) is 6. The van der Waals surface area contributed by atoms with E-state index in [-0.39, 0.29) is 40.7 Å². The van der Waals surface area contributed by atoms with Crippen LogP contribution in [0.2, 0.25) is 0 Å². The van der Waals surface area contributed by atoms with Gasteiger partial charge >= 0.3 is 0 Å². The molecule has 0 bridgehead atoms. The molecule has 0 N–H and O–H groups in total. The fourth-order valence-electron chi connectivity index (χ4n) is 4.28. The summed E-state index contributed by atoms with van der Waals surface area (Å²) in [6.45, 7) is 10.9. The van der Waals surface area contributed by atoms with Crippen molar-refractivity contribution in [3.8, 4) is 11.4 Å². The number of carbonyl (C=O) groups is 1. The second-order valence-corrected chi connectivity index (χ2v) is 13.1. The van der Waals surface area contributed by atoms with E-state index in [2.05, 4.69) is 61.8 Å². The van der Waals surface area contributed by atoms with Gasteiger partial charge in [0.2, 0.25) is 5.91 Å². The zero-order valence-corrected chi connectivity index (χ0v) is 21.2. The first-order valence-corrected chi connectivity index (χ1v) is 14.2. The number of nitrogens with zero attached hydrogens (tertiary/aromatic N) is 4. The van der Waals surface area contributed by atoms with E-state index in [0.717, 1.165) is 24.2 Å². The number of sulfone groups is 1. The summed E-state index contributed by atoms with van der Waals surface area (Å²) in [5.74, 6) is 1.19. The van der Waals surface area contributed by atoms with Crippen molar-refractivity contribution >= 4 is 27.5 Å². The van der Waals surface area contributed by atoms with Gasteiger partial charge in [0.05, 0.1) is 17.3 Å². The third kappa shape index (κ3) is 5.51. The molecule has 1 amide bonds. The lowest BCUT2D eigenvalue weighted by Crippen LogP contribution is -2.43. The van der Waals surface area contributed by atoms with E-state index >= 15 is 0 Å². The summed E-state index contributed by atoms with van der Waals surface area (Å²) in [5, 5.41) is 9.42. The Balaban J connectivity index is 1.50. The predicted octanol–water partition coefficient (Wildman–Crippen LogP) is 3.70. The van der Waals surface area contributed by atoms with Crippen LogP contribution in [0, 0.1) is 0 Å². The molecule has 7 nitrogen and oxygen atoms in total. The van der Waals surface area contributed by atoms with E-state index in [9.17, 15) is 13.2 Å². The Hall–Kier alpha value is -2.13. The fraction of sp³-hybridized carbons (Fsp3) is 0.542. The van der Waals surface area contributed by atoms with Crippen LogP contribution in [-0.4, -0.2) is 63.3 Å². The Morgan fingerprint density at radius 3 is 2.42 bits per heavy atom. The molecule has 1 atom stereocenters. The highest BCUT2D eigenvalue weighted by Gasteiger charge is 2.42. The van der Waals surface area contributed by atoms with E-state index in [1.54, 1.807) is 6.08 Å². The number of rotatable bonds is 8. The minimum atomic E-state index is -3.04. The molecule has 33 heavy (non-hydrogen) atoms. The van der Waals surface area contributed by atoms with E-state index in [4.69, 9.17) is 0 Å². The Bertz CT molecular complexity index is 1130. The summed E-state index contributed by atoms with van der Waals surface area (Å²) < 4.78 is 25.9. The van der Waals surface area contributed by atoms with Crippen molar-refractivity contribution in [3.05, 3.63) is 42.5 Å². The summed E-state index contributed by atoms with van der Waals surface area (Å²) in [4.78, 5) is 14.9. The molecule has 1 unspecified atom stereocenters. The summed E-state index contributed by atoms with van der Waals surface area (Å²) in [7, 11) is -3.04. The molecule has 4 rings (SSSR count). The van der Waals surface area contributed by atoms with Gasteiger partial charge in [-0.05, 0) is 30.2 Å². The van der Waals surface area contributed by atoms with Gasteiger partial charge in [-0.2, -0.15) is 0 Å². The summed E-state index contributed by atoms with van der Waals surface area (Å²) in [6.07, 6.45) is 4.24. The maximum atomic E-state index is 13.1. The normalized spacial score (nSPS) is 20.0. The zero-order valence-electron chi connectivity index (χ0n) is 19.5. The molecule has 1 aromatic heterocycles. The second-order valence-electron chi connectivity index (χ2n) is 9.91. The smallest absolute Gasteiger partial charge is 0.233 e. The first-order valence-electron chi connectivity index (χ1n) is 11.4. The van der Waals surface area contributed by atoms with Gasteiger partial charge < -0.3 is 4.90 Å². The number of hydrogen-bond donors (Lipinski definition) is 0. The fourth-order valence-corrected chi connectivity index (χ4v) is 6.80. The maximum absolute atomic E-state index is 13.1. The molecular formula is C24H32N4O3S2. The van der Waals surface area contributed by atoms with Gasteiger partial charge in [0.25, 0.3) is 0 Å². The van der Waals surface area contributed by atoms with Gasteiger partial charge in [-0.15, -0.1) is 16.8 Å². The average Bonchev–Trinajstić information content (AvgIpc) is 3.40. The summed E-state index contributed by atoms with van der Waals surface area (Å²) >= 11 is 1.35. The number of allylic oxidation sites excluding steroid dienone is 1. The lowest BCUT2D eigenvalue weighted by Gasteiger charge is -2.28. The van der Waals surface area contributed by atoms with Gasteiger partial charge in [-0.1, -0.05) is 62.9 Å². The number of benzene rings is 1. The van der Waals surface area contributed by atoms with E-state index in [1.807, 2.05) is 9.47 Å². The highest BCUT2D eigenvalue weighted by atomic mass is 32.2. The highest BCUT2D eigenvalue weighted by Crippen LogP contribution is 2.34. The lowest BCUT2D eigenvalue weighted by molar-refractivity contribution is -0.130. The summed E-state index contributed by atoms with van der Waals surface area (Å²) in [5.41, 5.74) is 2.28. The first kappa shape index (κ1) is 24.0. The van der Waals surface area contributed by atoms with Crippen LogP contribution < -0.4 is 0 Å². The number of amides is 1. The molecule has 1 saturated carbocycles. The van der Waals surface area contributed by atoms with E-state index < -0.39 is 9.84 Å². The SMILES string of the molecule is C=CCn1c(SCC(=O)N(C2CC2)C2CCS(=O)(=O)C2)nnc1-c1ccc(C(C)(C)C)cc1. The number of thioether (sulfide) groups is 1. The van der Waals surface area contributed by atoms with Crippen LogP contribution in [-0.2, 0) is 26.6 Å². The highest BCUT2D eigenvalue weighted by molar-refractivity contribution is 7.99. The molecule has 0 spiro atoms. The topological polar surface area (TPSA) is 85.2 Å². The van der Waals surface area contributed by atoms with Crippen LogP contribution in [0.5, 0.6) is 0 Å². The monoisotopic (exact) mass is 488 g/mol. The lowest BCUT2D eigenvalue weighted by atomic mass is 9.87. The Labute approximate surface area is 200 Å². The van der Waals surface area contributed by atoms with Gasteiger partial charge in [0.1, 0.15) is 0 Å². The van der Waals surface area contributed by atoms with E-state index in [1.165, 1.54) is 17.3 Å². The van der Waals surface area contributed by atoms with Crippen molar-refractivity contribution in [1.82, 2.24) is 19.7 Å². The molecule has 1 saturated heterocycles. The van der Waals surface area contributed by atoms with Crippen molar-refractivity contribution in [3.63, 3.8) is 0 Å². The molecule has 9 heteroatoms. The van der Waals surface area contributed by atoms with Crippen LogP contribution in [0.4, 0.5) is 0 Å². The van der Waals surface area contributed by atoms with Gasteiger partial charge in [0, 0.05) is 24.2 Å². The van der Waals surface area contributed by atoms with Crippen molar-refractivity contribution in [2.45, 2.75) is 69.2 Å². The maximum Gasteiger partial charge on any atom is 0.233 e. The number of carbonyl (C=O) groups excluding carboxylic acids is 1. The standard InChI is InChI=1S/C24H32N4O3S2/c1-5-13-27-22(17-6-8-18(9-7-17)24(2,3)4)25-26-23(27)32-15-21(29)28(19-10-11-19)20-12-14-33(30,31)16-20/h5-9,19-20H,1,10-16H2,2-4H3. The minimum absolute atomic E-state index is 0.0196. The molecule has 178 valence electrons. The predicted molar refractivity (Wildman–Crippen MR) is 132 cm³/mol. The van der Waals surface area contributed by atoms with Crippen molar-refractivity contribution in [2.75, 3.05) is 17.3 Å². The van der Waals surface area contributed by atoms with Crippen LogP contribution in [0.1, 0.15) is 45.6 Å². The largest absolute Gasteiger partial charge is 0.335 e. The molecule has 1 aromatic carbocycles. The van der Waals surface area contributed by atoms with Gasteiger partial charge in [-0.3, -0.25) is 9.36 Å². The average molecular weight is 489 g/mol. The van der Waals surface area contributed by atoms with Gasteiger partial charge in [0.15, 0.2) is 20.8 Å². The Morgan fingerprint density at radius 2 is 1.88 bits per heavy atom. The van der Waals surface area contributed by atoms with Crippen molar-refractivity contribution in [1.29, 1.82) is 0 Å². The zero-order chi connectivity index (χ0) is 23.8. The number of aromatic nitrogens is 3. The second kappa shape index (κ2) is 9.25. The quantitative estimate of drug-likeness (QED) is 0.416. The van der Waals surface area contributed by atoms with Crippen molar-refractivity contribution in [2.24, 2.45) is 0 Å². The van der Waals surface area contributed by atoms with Crippen LogP contribution in [0.3, 0.4) is 0 Å². The molecule has 2 heterocycles. The molecule has 2 fully saturated rings. The minimum Gasteiger partial charge on any atom is -0.335 e. The Kier molecular flexibility index (Phi) is 6.73. The van der Waals surface area contributed by atoms with E-state index in [0.29, 0.717) is 18.1 Å². The molecular weight excluding hydrogens is 456 g/mol. The molecule has 2 aliphatic rings. The molecule has 1 aliphatic heterocycles. The van der Waals surface area contributed by atoms with Crippen molar-refractivity contribution < 1.29 is 13.2 Å². The molecule has 0 radical (unpaired) electrons. The first-order chi connectivity index (χ1) is 15.6. The van der Waals surface area contributed by atoms with Crippen LogP contribution in [0.15, 0.2) is 42.1 Å². The molecule has 2 aromatic rings. The third-order valence-corrected chi connectivity index (χ3v) is 8.89. The van der Waals surface area contributed by atoms with Gasteiger partial charge in [-0.25, -0.2) is 8.42 Å². The van der Waals surface area contributed by atoms with Crippen LogP contribution >= 0.6 is 11.8 Å². The molecule has 1 aliphatic carbocycles. The summed E-state index contributed by atoms with van der Waals surface area (Å²) in [6, 6.07) is 8.32. The third-order valence-electron chi connectivity index (χ3n) is 6.19.